The van der Waals surface area contributed by atoms with Gasteiger partial charge in [0.2, 0.25) is 0 Å². The van der Waals surface area contributed by atoms with Crippen molar-refractivity contribution in [3.8, 4) is 5.75 Å². The third-order valence-electron chi connectivity index (χ3n) is 6.80. The zero-order valence-corrected chi connectivity index (χ0v) is 14.8. The lowest BCUT2D eigenvalue weighted by atomic mass is 9.65. The predicted molar refractivity (Wildman–Crippen MR) is 97.8 cm³/mol. The Balaban J connectivity index is 1.63. The second-order valence-corrected chi connectivity index (χ2v) is 8.01. The molecule has 4 heterocycles. The Morgan fingerprint density at radius 2 is 2.17 bits per heavy atom. The van der Waals surface area contributed by atoms with E-state index in [2.05, 4.69) is 41.9 Å². The molecule has 1 aromatic carbocycles. The van der Waals surface area contributed by atoms with Gasteiger partial charge < -0.3 is 9.72 Å². The molecule has 4 aliphatic rings. The van der Waals surface area contributed by atoms with E-state index < -0.39 is 0 Å². The molecule has 3 nitrogen and oxygen atoms in total. The molecular weight excluding hydrogens is 296 g/mol. The zero-order chi connectivity index (χ0) is 16.3. The van der Waals surface area contributed by atoms with Crippen molar-refractivity contribution in [3.63, 3.8) is 0 Å². The minimum absolute atomic E-state index is 0.711. The summed E-state index contributed by atoms with van der Waals surface area (Å²) in [5.74, 6) is 3.51. The maximum atomic E-state index is 5.75. The number of nitrogens with one attached hydrogen (secondary N) is 1. The lowest BCUT2D eigenvalue weighted by Gasteiger charge is -2.53. The van der Waals surface area contributed by atoms with Crippen LogP contribution >= 0.6 is 0 Å². The number of ether oxygens (including phenoxy) is 1. The average molecular weight is 324 g/mol. The van der Waals surface area contributed by atoms with Crippen LogP contribution in [0.25, 0.3) is 10.9 Å². The first-order chi connectivity index (χ1) is 11.8. The molecule has 0 amide bonds. The normalized spacial score (nSPS) is 34.2. The number of aromatic amines is 1. The Kier molecular flexibility index (Phi) is 3.41. The molecule has 3 aliphatic heterocycles. The third-order valence-corrected chi connectivity index (χ3v) is 6.80. The molecule has 2 aromatic rings. The molecule has 24 heavy (non-hydrogen) atoms. The molecule has 3 heteroatoms. The molecule has 2 saturated heterocycles. The van der Waals surface area contributed by atoms with Crippen LogP contribution in [-0.2, 0) is 6.42 Å². The number of rotatable bonds is 3. The van der Waals surface area contributed by atoms with Crippen molar-refractivity contribution in [2.45, 2.75) is 51.5 Å². The number of hydrogen-bond acceptors (Lipinski definition) is 2. The summed E-state index contributed by atoms with van der Waals surface area (Å²) in [6.07, 6.45) is 5.35. The van der Waals surface area contributed by atoms with Gasteiger partial charge in [0.15, 0.2) is 0 Å². The Morgan fingerprint density at radius 3 is 3.00 bits per heavy atom. The summed E-state index contributed by atoms with van der Waals surface area (Å²) in [6, 6.07) is 7.34. The lowest BCUT2D eigenvalue weighted by Crippen LogP contribution is -2.56. The summed E-state index contributed by atoms with van der Waals surface area (Å²) in [6.45, 7) is 7.74. The standard InChI is InChI=1S/C21H28N2O/c1-3-14-9-13-10-18-20-16(7-8-23(12-13)21(14)18)17-11-15(24-4-2)5-6-19(17)22-20/h5-6,11,13-14,18,21-22H,3-4,7-10,12H2,1-2H3/t13-,14-,18-,21?/m0/s1. The molecule has 6 rings (SSSR count). The number of aromatic nitrogens is 1. The summed E-state index contributed by atoms with van der Waals surface area (Å²) in [4.78, 5) is 6.65. The van der Waals surface area contributed by atoms with Crippen molar-refractivity contribution in [1.82, 2.24) is 9.88 Å². The quantitative estimate of drug-likeness (QED) is 0.910. The van der Waals surface area contributed by atoms with Crippen molar-refractivity contribution in [2.24, 2.45) is 11.8 Å². The van der Waals surface area contributed by atoms with Gasteiger partial charge in [-0.1, -0.05) is 13.3 Å². The van der Waals surface area contributed by atoms with E-state index in [-0.39, 0.29) is 0 Å². The van der Waals surface area contributed by atoms with Gasteiger partial charge in [0.25, 0.3) is 0 Å². The van der Waals surface area contributed by atoms with Crippen molar-refractivity contribution in [1.29, 1.82) is 0 Å². The average Bonchev–Trinajstić information content (AvgIpc) is 2.92. The van der Waals surface area contributed by atoms with Crippen LogP contribution in [-0.4, -0.2) is 35.6 Å². The fourth-order valence-corrected chi connectivity index (χ4v) is 5.93. The van der Waals surface area contributed by atoms with Crippen LogP contribution in [0, 0.1) is 11.8 Å². The lowest BCUT2D eigenvalue weighted by molar-refractivity contribution is -0.0134. The Labute approximate surface area is 144 Å². The molecular formula is C21H28N2O. The van der Waals surface area contributed by atoms with Gasteiger partial charge in [-0.25, -0.2) is 0 Å². The Hall–Kier alpha value is -1.48. The van der Waals surface area contributed by atoms with Gasteiger partial charge in [-0.15, -0.1) is 0 Å². The Morgan fingerprint density at radius 1 is 1.25 bits per heavy atom. The minimum Gasteiger partial charge on any atom is -0.494 e. The van der Waals surface area contributed by atoms with Gasteiger partial charge >= 0.3 is 0 Å². The van der Waals surface area contributed by atoms with Crippen LogP contribution in [0.3, 0.4) is 0 Å². The van der Waals surface area contributed by atoms with Crippen LogP contribution in [0.15, 0.2) is 18.2 Å². The fraction of sp³-hybridized carbons (Fsp3) is 0.619. The van der Waals surface area contributed by atoms with Crippen LogP contribution in [0.4, 0.5) is 0 Å². The van der Waals surface area contributed by atoms with Gasteiger partial charge in [-0.05, 0) is 61.8 Å². The maximum Gasteiger partial charge on any atom is 0.120 e. The topological polar surface area (TPSA) is 28.3 Å². The molecule has 0 spiro atoms. The third kappa shape index (κ3) is 2.07. The number of nitrogens with zero attached hydrogens (tertiary/aromatic N) is 1. The summed E-state index contributed by atoms with van der Waals surface area (Å²) in [5.41, 5.74) is 4.42. The zero-order valence-electron chi connectivity index (χ0n) is 14.8. The molecule has 1 saturated carbocycles. The van der Waals surface area contributed by atoms with Gasteiger partial charge in [0, 0.05) is 41.6 Å². The second-order valence-electron chi connectivity index (χ2n) is 8.01. The summed E-state index contributed by atoms with van der Waals surface area (Å²) in [5, 5.41) is 1.40. The van der Waals surface area contributed by atoms with Gasteiger partial charge in [0.1, 0.15) is 5.75 Å². The summed E-state index contributed by atoms with van der Waals surface area (Å²) < 4.78 is 5.75. The van der Waals surface area contributed by atoms with Gasteiger partial charge in [0.05, 0.1) is 6.61 Å². The highest BCUT2D eigenvalue weighted by molar-refractivity contribution is 5.86. The number of benzene rings is 1. The van der Waals surface area contributed by atoms with E-state index in [4.69, 9.17) is 4.74 Å². The molecule has 1 aromatic heterocycles. The largest absolute Gasteiger partial charge is 0.494 e. The molecule has 4 bridgehead atoms. The summed E-state index contributed by atoms with van der Waals surface area (Å²) in [7, 11) is 0. The van der Waals surface area contributed by atoms with E-state index >= 15 is 0 Å². The van der Waals surface area contributed by atoms with E-state index in [1.54, 1.807) is 11.3 Å². The molecule has 5 atom stereocenters. The minimum atomic E-state index is 0.711. The summed E-state index contributed by atoms with van der Waals surface area (Å²) >= 11 is 0. The molecule has 3 fully saturated rings. The number of hydrogen-bond donors (Lipinski definition) is 1. The molecule has 1 N–H and O–H groups in total. The van der Waals surface area contributed by atoms with Crippen LogP contribution in [0.1, 0.15) is 50.3 Å². The smallest absolute Gasteiger partial charge is 0.120 e. The van der Waals surface area contributed by atoms with Gasteiger partial charge in [-0.3, -0.25) is 4.90 Å². The first-order valence-electron chi connectivity index (χ1n) is 9.79. The van der Waals surface area contributed by atoms with Crippen LogP contribution in [0.2, 0.25) is 0 Å². The SMILES string of the molecule is CCOc1ccc2[nH]c3c(c2c1)CCN1C[C@H]2C[C@H](CC)C1[C@H]3C2. The fourth-order valence-electron chi connectivity index (χ4n) is 5.93. The predicted octanol–water partition coefficient (Wildman–Crippen LogP) is 4.33. The second kappa shape index (κ2) is 5.52. The highest BCUT2D eigenvalue weighted by Crippen LogP contribution is 2.51. The first kappa shape index (κ1) is 14.8. The maximum absolute atomic E-state index is 5.75. The van der Waals surface area contributed by atoms with E-state index in [0.717, 1.165) is 30.2 Å². The van der Waals surface area contributed by atoms with E-state index in [1.165, 1.54) is 49.7 Å². The Bertz CT molecular complexity index is 765. The first-order valence-corrected chi connectivity index (χ1v) is 9.79. The molecule has 1 aliphatic carbocycles. The molecule has 128 valence electrons. The highest BCUT2D eigenvalue weighted by atomic mass is 16.5. The number of H-pyrrole nitrogens is 1. The van der Waals surface area contributed by atoms with Crippen LogP contribution < -0.4 is 4.74 Å². The van der Waals surface area contributed by atoms with Crippen molar-refractivity contribution in [2.75, 3.05) is 19.7 Å². The molecule has 0 radical (unpaired) electrons. The monoisotopic (exact) mass is 324 g/mol. The van der Waals surface area contributed by atoms with Crippen molar-refractivity contribution < 1.29 is 4.74 Å². The van der Waals surface area contributed by atoms with Crippen molar-refractivity contribution in [3.05, 3.63) is 29.5 Å². The number of fused-ring (bicyclic) bond motifs is 4. The number of piperidine rings is 2. The highest BCUT2D eigenvalue weighted by Gasteiger charge is 2.48. The van der Waals surface area contributed by atoms with E-state index in [0.29, 0.717) is 5.92 Å². The van der Waals surface area contributed by atoms with E-state index in [1.807, 2.05) is 0 Å². The van der Waals surface area contributed by atoms with E-state index in [9.17, 15) is 0 Å². The van der Waals surface area contributed by atoms with Crippen LogP contribution in [0.5, 0.6) is 5.75 Å². The van der Waals surface area contributed by atoms with Crippen molar-refractivity contribution >= 4 is 10.9 Å². The van der Waals surface area contributed by atoms with Gasteiger partial charge in [-0.2, -0.15) is 0 Å². The molecule has 2 unspecified atom stereocenters.